The molecular weight excluding hydrogens is 473 g/mol. The van der Waals surface area contributed by atoms with E-state index in [1.165, 1.54) is 12.1 Å². The van der Waals surface area contributed by atoms with E-state index >= 15 is 0 Å². The molecule has 2 atom stereocenters. The number of nitrogens with two attached hydrogens (primary N) is 1. The van der Waals surface area contributed by atoms with Crippen molar-refractivity contribution < 1.29 is 23.2 Å². The van der Waals surface area contributed by atoms with E-state index in [4.69, 9.17) is 10.2 Å². The molecule has 37 heavy (non-hydrogen) atoms. The van der Waals surface area contributed by atoms with Crippen molar-refractivity contribution in [1.82, 2.24) is 10.6 Å². The fourth-order valence-electron chi connectivity index (χ4n) is 5.27. The van der Waals surface area contributed by atoms with Crippen LogP contribution >= 0.6 is 0 Å². The van der Waals surface area contributed by atoms with Crippen molar-refractivity contribution in [1.29, 1.82) is 0 Å². The van der Waals surface area contributed by atoms with Crippen molar-refractivity contribution >= 4 is 34.3 Å². The molecule has 0 radical (unpaired) electrons. The average Bonchev–Trinajstić information content (AvgIpc) is 3.53. The van der Waals surface area contributed by atoms with Crippen molar-refractivity contribution in [2.45, 2.75) is 38.1 Å². The normalized spacial score (nSPS) is 19.3. The van der Waals surface area contributed by atoms with Crippen LogP contribution < -0.4 is 16.4 Å². The van der Waals surface area contributed by atoms with Gasteiger partial charge in [-0.15, -0.1) is 0 Å². The number of hydrogen-bond donors (Lipinski definition) is 3. The lowest BCUT2D eigenvalue weighted by atomic mass is 9.92. The lowest BCUT2D eigenvalue weighted by molar-refractivity contribution is -0.123. The van der Waals surface area contributed by atoms with Gasteiger partial charge in [0.1, 0.15) is 17.2 Å². The van der Waals surface area contributed by atoms with Crippen LogP contribution in [0.1, 0.15) is 48.0 Å². The maximum atomic E-state index is 13.5. The fourth-order valence-corrected chi connectivity index (χ4v) is 5.27. The SMILES string of the molecule is CNC(=O)c1c(-c2ccc(F)cc2)oc2ccc(C3=CC(C(=O)NC4CCCC4C(N)=O)=CCC3)cc12. The standard InChI is InChI=1S/C29H28FN3O4/c1-32-29(36)25-22-15-18(10-13-24(22)37-26(25)16-8-11-20(30)12-9-16)17-4-2-5-19(14-17)28(35)33-23-7-3-6-21(23)27(31)34/h5,8-15,21,23H,2-4,6-7H2,1H3,(H2,31,34)(H,32,36)(H,33,35). The quantitative estimate of drug-likeness (QED) is 0.462. The Morgan fingerprint density at radius 2 is 1.78 bits per heavy atom. The summed E-state index contributed by atoms with van der Waals surface area (Å²) in [6, 6.07) is 11.2. The number of furan rings is 1. The first kappa shape index (κ1) is 24.5. The maximum absolute atomic E-state index is 13.5. The Hall–Kier alpha value is -4.20. The van der Waals surface area contributed by atoms with E-state index in [9.17, 15) is 18.8 Å². The van der Waals surface area contributed by atoms with Gasteiger partial charge < -0.3 is 20.8 Å². The molecule has 2 aromatic carbocycles. The second-order valence-electron chi connectivity index (χ2n) is 9.49. The summed E-state index contributed by atoms with van der Waals surface area (Å²) < 4.78 is 19.5. The maximum Gasteiger partial charge on any atom is 0.255 e. The van der Waals surface area contributed by atoms with E-state index in [1.54, 1.807) is 25.2 Å². The fraction of sp³-hybridized carbons (Fsp3) is 0.276. The molecule has 0 aliphatic heterocycles. The molecule has 0 spiro atoms. The molecule has 190 valence electrons. The second-order valence-corrected chi connectivity index (χ2v) is 9.49. The highest BCUT2D eigenvalue weighted by Crippen LogP contribution is 2.37. The Morgan fingerprint density at radius 3 is 2.51 bits per heavy atom. The number of fused-ring (bicyclic) bond motifs is 1. The van der Waals surface area contributed by atoms with Crippen molar-refractivity contribution in [3.63, 3.8) is 0 Å². The van der Waals surface area contributed by atoms with Gasteiger partial charge >= 0.3 is 0 Å². The number of nitrogens with one attached hydrogen (secondary N) is 2. The van der Waals surface area contributed by atoms with E-state index in [1.807, 2.05) is 24.3 Å². The summed E-state index contributed by atoms with van der Waals surface area (Å²) >= 11 is 0. The zero-order chi connectivity index (χ0) is 26.1. The zero-order valence-electron chi connectivity index (χ0n) is 20.5. The summed E-state index contributed by atoms with van der Waals surface area (Å²) in [7, 11) is 1.55. The number of carbonyl (C=O) groups excluding carboxylic acids is 3. The van der Waals surface area contributed by atoms with Crippen molar-refractivity contribution in [2.75, 3.05) is 7.05 Å². The van der Waals surface area contributed by atoms with Crippen LogP contribution in [0.25, 0.3) is 27.9 Å². The molecule has 3 aromatic rings. The molecule has 5 rings (SSSR count). The second kappa shape index (κ2) is 10.0. The first-order valence-corrected chi connectivity index (χ1v) is 12.4. The number of benzene rings is 2. The molecular formula is C29H28FN3O4. The van der Waals surface area contributed by atoms with Crippen molar-refractivity contribution in [3.05, 3.63) is 77.1 Å². The summed E-state index contributed by atoms with van der Waals surface area (Å²) in [5, 5.41) is 6.29. The largest absolute Gasteiger partial charge is 0.455 e. The molecule has 1 heterocycles. The third-order valence-corrected chi connectivity index (χ3v) is 7.19. The molecule has 1 saturated carbocycles. The topological polar surface area (TPSA) is 114 Å². The predicted octanol–water partition coefficient (Wildman–Crippen LogP) is 4.47. The van der Waals surface area contributed by atoms with Crippen molar-refractivity contribution in [2.24, 2.45) is 11.7 Å². The highest BCUT2D eigenvalue weighted by atomic mass is 19.1. The van der Waals surface area contributed by atoms with Crippen LogP contribution in [0.5, 0.6) is 0 Å². The molecule has 0 bridgehead atoms. The van der Waals surface area contributed by atoms with E-state index in [0.29, 0.717) is 46.3 Å². The molecule has 2 aliphatic carbocycles. The van der Waals surface area contributed by atoms with E-state index in [0.717, 1.165) is 30.4 Å². The van der Waals surface area contributed by atoms with Gasteiger partial charge in [-0.25, -0.2) is 4.39 Å². The van der Waals surface area contributed by atoms with Gasteiger partial charge in [-0.1, -0.05) is 18.6 Å². The first-order chi connectivity index (χ1) is 17.9. The van der Waals surface area contributed by atoms with Crippen LogP contribution in [0.15, 0.2) is 64.6 Å². The highest BCUT2D eigenvalue weighted by Gasteiger charge is 2.33. The number of allylic oxidation sites excluding steroid dienone is 2. The number of rotatable bonds is 6. The summed E-state index contributed by atoms with van der Waals surface area (Å²) in [6.07, 6.45) is 7.45. The number of hydrogen-bond acceptors (Lipinski definition) is 4. The summed E-state index contributed by atoms with van der Waals surface area (Å²) in [4.78, 5) is 37.6. The lowest BCUT2D eigenvalue weighted by Gasteiger charge is -2.20. The minimum Gasteiger partial charge on any atom is -0.455 e. The molecule has 7 nitrogen and oxygen atoms in total. The highest BCUT2D eigenvalue weighted by molar-refractivity contribution is 6.11. The predicted molar refractivity (Wildman–Crippen MR) is 139 cm³/mol. The molecule has 2 aliphatic rings. The summed E-state index contributed by atoms with van der Waals surface area (Å²) in [5.41, 5.74) is 9.38. The lowest BCUT2D eigenvalue weighted by Crippen LogP contribution is -2.42. The zero-order valence-corrected chi connectivity index (χ0v) is 20.5. The smallest absolute Gasteiger partial charge is 0.255 e. The Kier molecular flexibility index (Phi) is 6.65. The van der Waals surface area contributed by atoms with Crippen LogP contribution in [0, 0.1) is 11.7 Å². The van der Waals surface area contributed by atoms with Gasteiger partial charge in [-0.2, -0.15) is 0 Å². The Bertz CT molecular complexity index is 1450. The van der Waals surface area contributed by atoms with Crippen molar-refractivity contribution in [3.8, 4) is 11.3 Å². The minimum absolute atomic E-state index is 0.218. The summed E-state index contributed by atoms with van der Waals surface area (Å²) in [5.74, 6) is -1.25. The number of amides is 3. The van der Waals surface area contributed by atoms with Gasteiger partial charge in [-0.3, -0.25) is 14.4 Å². The van der Waals surface area contributed by atoms with Gasteiger partial charge in [0, 0.05) is 29.6 Å². The molecule has 8 heteroatoms. The number of halogens is 1. The van der Waals surface area contributed by atoms with Gasteiger partial charge in [0.15, 0.2) is 0 Å². The van der Waals surface area contributed by atoms with Gasteiger partial charge in [-0.05, 0) is 79.3 Å². The summed E-state index contributed by atoms with van der Waals surface area (Å²) in [6.45, 7) is 0. The molecule has 3 amide bonds. The van der Waals surface area contributed by atoms with Gasteiger partial charge in [0.05, 0.1) is 11.5 Å². The van der Waals surface area contributed by atoms with E-state index in [2.05, 4.69) is 10.6 Å². The molecule has 2 unspecified atom stereocenters. The molecule has 1 aromatic heterocycles. The van der Waals surface area contributed by atoms with Crippen LogP contribution in [-0.2, 0) is 9.59 Å². The van der Waals surface area contributed by atoms with Crippen LogP contribution in [0.4, 0.5) is 4.39 Å². The van der Waals surface area contributed by atoms with Gasteiger partial charge in [0.25, 0.3) is 11.8 Å². The molecule has 4 N–H and O–H groups in total. The van der Waals surface area contributed by atoms with E-state index < -0.39 is 0 Å². The monoisotopic (exact) mass is 501 g/mol. The average molecular weight is 502 g/mol. The Morgan fingerprint density at radius 1 is 1.03 bits per heavy atom. The number of primary amides is 1. The van der Waals surface area contributed by atoms with E-state index in [-0.39, 0.29) is 35.5 Å². The number of carbonyl (C=O) groups is 3. The minimum atomic E-state index is -0.378. The Balaban J connectivity index is 1.47. The molecule has 1 fully saturated rings. The molecule has 0 saturated heterocycles. The Labute approximate surface area is 213 Å². The van der Waals surface area contributed by atoms with Crippen LogP contribution in [0.3, 0.4) is 0 Å². The van der Waals surface area contributed by atoms with Gasteiger partial charge in [0.2, 0.25) is 5.91 Å². The van der Waals surface area contributed by atoms with Crippen LogP contribution in [0.2, 0.25) is 0 Å². The van der Waals surface area contributed by atoms with Crippen LogP contribution in [-0.4, -0.2) is 30.8 Å². The first-order valence-electron chi connectivity index (χ1n) is 12.4. The third kappa shape index (κ3) is 4.79. The third-order valence-electron chi connectivity index (χ3n) is 7.19.